The third kappa shape index (κ3) is 7.59. The lowest BCUT2D eigenvalue weighted by atomic mass is 9.88. The smallest absolute Gasteiger partial charge is 0.313 e. The normalized spacial score (nSPS) is 11.7. The Morgan fingerprint density at radius 1 is 1.35 bits per heavy atom. The highest BCUT2D eigenvalue weighted by atomic mass is 32.2. The SMILES string of the molecule is CCC(CO)(CO)COCCCSCC(=O)O. The molecule has 0 fully saturated rings. The zero-order valence-electron chi connectivity index (χ0n) is 10.2. The van der Waals surface area contributed by atoms with Gasteiger partial charge in [0, 0.05) is 12.0 Å². The second kappa shape index (κ2) is 9.70. The zero-order valence-corrected chi connectivity index (χ0v) is 11.0. The Hall–Kier alpha value is -0.300. The van der Waals surface area contributed by atoms with E-state index in [1.807, 2.05) is 6.92 Å². The molecule has 0 bridgehead atoms. The van der Waals surface area contributed by atoms with Crippen LogP contribution in [0.2, 0.25) is 0 Å². The quantitative estimate of drug-likeness (QED) is 0.475. The number of carboxylic acids is 1. The third-order valence-corrected chi connectivity index (χ3v) is 3.66. The Bertz CT molecular complexity index is 198. The van der Waals surface area contributed by atoms with E-state index in [1.54, 1.807) is 0 Å². The lowest BCUT2D eigenvalue weighted by molar-refractivity contribution is -0.133. The number of carboxylic acid groups (broad SMARTS) is 1. The van der Waals surface area contributed by atoms with Crippen LogP contribution in [0.15, 0.2) is 0 Å². The average Bonchev–Trinajstić information content (AvgIpc) is 2.33. The molecule has 0 aliphatic carbocycles. The van der Waals surface area contributed by atoms with Crippen molar-refractivity contribution < 1.29 is 24.9 Å². The molecule has 0 aliphatic heterocycles. The first-order chi connectivity index (χ1) is 8.10. The molecule has 0 radical (unpaired) electrons. The maximum atomic E-state index is 10.2. The Kier molecular flexibility index (Phi) is 9.53. The number of aliphatic hydroxyl groups is 2. The maximum Gasteiger partial charge on any atom is 0.313 e. The van der Waals surface area contributed by atoms with Gasteiger partial charge in [-0.3, -0.25) is 4.79 Å². The fourth-order valence-corrected chi connectivity index (χ4v) is 1.82. The predicted molar refractivity (Wildman–Crippen MR) is 67.3 cm³/mol. The molecule has 6 heteroatoms. The lowest BCUT2D eigenvalue weighted by Crippen LogP contribution is -2.34. The Morgan fingerprint density at radius 3 is 2.47 bits per heavy atom. The van der Waals surface area contributed by atoms with Crippen LogP contribution >= 0.6 is 11.8 Å². The zero-order chi connectivity index (χ0) is 13.1. The van der Waals surface area contributed by atoms with Crippen LogP contribution in [0.25, 0.3) is 0 Å². The monoisotopic (exact) mass is 266 g/mol. The fraction of sp³-hybridized carbons (Fsp3) is 0.909. The number of hydrogen-bond acceptors (Lipinski definition) is 5. The molecule has 0 aliphatic rings. The van der Waals surface area contributed by atoms with Crippen molar-refractivity contribution in [2.24, 2.45) is 5.41 Å². The number of aliphatic carboxylic acids is 1. The van der Waals surface area contributed by atoms with Crippen molar-refractivity contribution in [1.29, 1.82) is 0 Å². The molecule has 0 amide bonds. The van der Waals surface area contributed by atoms with Gasteiger partial charge < -0.3 is 20.1 Å². The molecule has 0 saturated carbocycles. The van der Waals surface area contributed by atoms with Crippen LogP contribution in [-0.4, -0.2) is 59.2 Å². The molecule has 0 unspecified atom stereocenters. The molecule has 0 spiro atoms. The van der Waals surface area contributed by atoms with Crippen molar-refractivity contribution in [2.45, 2.75) is 19.8 Å². The molecule has 0 aromatic rings. The second-order valence-corrected chi connectivity index (χ2v) is 5.13. The van der Waals surface area contributed by atoms with Crippen LogP contribution in [-0.2, 0) is 9.53 Å². The molecule has 17 heavy (non-hydrogen) atoms. The van der Waals surface area contributed by atoms with Crippen molar-refractivity contribution in [3.05, 3.63) is 0 Å². The van der Waals surface area contributed by atoms with Gasteiger partial charge in [-0.05, 0) is 18.6 Å². The van der Waals surface area contributed by atoms with Gasteiger partial charge in [0.15, 0.2) is 0 Å². The summed E-state index contributed by atoms with van der Waals surface area (Å²) in [6.45, 7) is 2.58. The fourth-order valence-electron chi connectivity index (χ4n) is 1.18. The topological polar surface area (TPSA) is 87.0 Å². The first-order valence-electron chi connectivity index (χ1n) is 5.69. The molecule has 3 N–H and O–H groups in total. The minimum atomic E-state index is -0.804. The Morgan fingerprint density at radius 2 is 2.00 bits per heavy atom. The number of aliphatic hydroxyl groups excluding tert-OH is 2. The van der Waals surface area contributed by atoms with E-state index in [1.165, 1.54) is 11.8 Å². The first kappa shape index (κ1) is 16.7. The highest BCUT2D eigenvalue weighted by Crippen LogP contribution is 2.20. The molecular formula is C11H22O5S. The van der Waals surface area contributed by atoms with Crippen molar-refractivity contribution >= 4 is 17.7 Å². The van der Waals surface area contributed by atoms with E-state index in [4.69, 9.17) is 20.1 Å². The summed E-state index contributed by atoms with van der Waals surface area (Å²) in [5.74, 6) is 0.0528. The van der Waals surface area contributed by atoms with E-state index >= 15 is 0 Å². The highest BCUT2D eigenvalue weighted by Gasteiger charge is 2.26. The minimum Gasteiger partial charge on any atom is -0.481 e. The number of ether oxygens (including phenoxy) is 1. The van der Waals surface area contributed by atoms with Crippen LogP contribution in [0.1, 0.15) is 19.8 Å². The summed E-state index contributed by atoms with van der Waals surface area (Å²) in [6, 6.07) is 0. The van der Waals surface area contributed by atoms with E-state index in [2.05, 4.69) is 0 Å². The van der Waals surface area contributed by atoms with Gasteiger partial charge >= 0.3 is 5.97 Å². The average molecular weight is 266 g/mol. The van der Waals surface area contributed by atoms with Gasteiger partial charge in [0.25, 0.3) is 0 Å². The number of rotatable bonds is 11. The van der Waals surface area contributed by atoms with Crippen molar-refractivity contribution in [3.63, 3.8) is 0 Å². The molecule has 0 aromatic carbocycles. The van der Waals surface area contributed by atoms with Crippen molar-refractivity contribution in [2.75, 3.05) is 37.9 Å². The van der Waals surface area contributed by atoms with E-state index in [9.17, 15) is 4.79 Å². The molecule has 0 heterocycles. The summed E-state index contributed by atoms with van der Waals surface area (Å²) in [4.78, 5) is 10.2. The van der Waals surface area contributed by atoms with Gasteiger partial charge in [0.2, 0.25) is 0 Å². The number of carbonyl (C=O) groups is 1. The van der Waals surface area contributed by atoms with Gasteiger partial charge in [0.05, 0.1) is 25.6 Å². The van der Waals surface area contributed by atoms with E-state index < -0.39 is 11.4 Å². The summed E-state index contributed by atoms with van der Waals surface area (Å²) < 4.78 is 5.40. The van der Waals surface area contributed by atoms with Gasteiger partial charge in [-0.15, -0.1) is 0 Å². The van der Waals surface area contributed by atoms with Gasteiger partial charge in [-0.1, -0.05) is 6.92 Å². The van der Waals surface area contributed by atoms with Gasteiger partial charge in [0.1, 0.15) is 0 Å². The first-order valence-corrected chi connectivity index (χ1v) is 6.84. The van der Waals surface area contributed by atoms with Crippen molar-refractivity contribution in [1.82, 2.24) is 0 Å². The number of thioether (sulfide) groups is 1. The van der Waals surface area contributed by atoms with Crippen LogP contribution in [0, 0.1) is 5.41 Å². The molecular weight excluding hydrogens is 244 g/mol. The summed E-state index contributed by atoms with van der Waals surface area (Å²) in [6.07, 6.45) is 1.43. The Balaban J connectivity index is 3.52. The molecule has 5 nitrogen and oxygen atoms in total. The van der Waals surface area contributed by atoms with Crippen LogP contribution in [0.4, 0.5) is 0 Å². The molecule has 0 saturated heterocycles. The summed E-state index contributed by atoms with van der Waals surface area (Å²) in [7, 11) is 0. The highest BCUT2D eigenvalue weighted by molar-refractivity contribution is 7.99. The summed E-state index contributed by atoms with van der Waals surface area (Å²) in [5, 5.41) is 26.7. The largest absolute Gasteiger partial charge is 0.481 e. The van der Waals surface area contributed by atoms with E-state index in [-0.39, 0.29) is 19.0 Å². The van der Waals surface area contributed by atoms with Gasteiger partial charge in [-0.25, -0.2) is 0 Å². The van der Waals surface area contributed by atoms with Crippen molar-refractivity contribution in [3.8, 4) is 0 Å². The van der Waals surface area contributed by atoms with Crippen LogP contribution in [0.5, 0.6) is 0 Å². The molecule has 0 aromatic heterocycles. The lowest BCUT2D eigenvalue weighted by Gasteiger charge is -2.27. The van der Waals surface area contributed by atoms with E-state index in [0.717, 1.165) is 12.2 Å². The predicted octanol–water partition coefficient (Wildman–Crippen LogP) is 0.592. The van der Waals surface area contributed by atoms with E-state index in [0.29, 0.717) is 19.6 Å². The second-order valence-electron chi connectivity index (χ2n) is 4.02. The third-order valence-electron chi connectivity index (χ3n) is 2.63. The molecule has 102 valence electrons. The minimum absolute atomic E-state index is 0.0895. The maximum absolute atomic E-state index is 10.2. The number of hydrogen-bond donors (Lipinski definition) is 3. The molecule has 0 rings (SSSR count). The van der Waals surface area contributed by atoms with Gasteiger partial charge in [-0.2, -0.15) is 11.8 Å². The van der Waals surface area contributed by atoms with Crippen LogP contribution in [0.3, 0.4) is 0 Å². The summed E-state index contributed by atoms with van der Waals surface area (Å²) >= 11 is 1.36. The standard InChI is InChI=1S/C11H22O5S/c1-2-11(7-12,8-13)9-16-4-3-5-17-6-10(14)15/h12-13H,2-9H2,1H3,(H,14,15). The van der Waals surface area contributed by atoms with Crippen LogP contribution < -0.4 is 0 Å². The molecule has 0 atom stereocenters. The summed E-state index contributed by atoms with van der Waals surface area (Å²) in [5.41, 5.74) is -0.547. The Labute approximate surface area is 106 Å².